The van der Waals surface area contributed by atoms with Gasteiger partial charge in [-0.3, -0.25) is 9.69 Å². The first-order valence-electron chi connectivity index (χ1n) is 10.4. The van der Waals surface area contributed by atoms with E-state index in [4.69, 9.17) is 21.7 Å². The fraction of sp³-hybridized carbons (Fsp3) is 0.160. The van der Waals surface area contributed by atoms with Crippen LogP contribution >= 0.6 is 24.0 Å². The Kier molecular flexibility index (Phi) is 5.45. The fourth-order valence-corrected chi connectivity index (χ4v) is 4.93. The van der Waals surface area contributed by atoms with Crippen molar-refractivity contribution in [2.45, 2.75) is 13.8 Å². The molecule has 1 aliphatic rings. The number of nitrogens with zero attached hydrogens (tertiary/aromatic N) is 3. The molecule has 4 aromatic rings. The molecule has 1 amide bonds. The van der Waals surface area contributed by atoms with E-state index in [-0.39, 0.29) is 5.91 Å². The molecule has 5 nitrogen and oxygen atoms in total. The van der Waals surface area contributed by atoms with Crippen LogP contribution in [0.5, 0.6) is 0 Å². The van der Waals surface area contributed by atoms with Gasteiger partial charge in [0.25, 0.3) is 5.91 Å². The smallest absolute Gasteiger partial charge is 0.266 e. The minimum absolute atomic E-state index is 0.0586. The molecule has 2 aromatic carbocycles. The van der Waals surface area contributed by atoms with Crippen molar-refractivity contribution in [1.82, 2.24) is 14.7 Å². The number of aromatic nitrogens is 2. The maximum Gasteiger partial charge on any atom is 0.266 e. The molecule has 3 heterocycles. The summed E-state index contributed by atoms with van der Waals surface area (Å²) in [6.07, 6.45) is 3.79. The van der Waals surface area contributed by atoms with Gasteiger partial charge in [-0.15, -0.1) is 0 Å². The Labute approximate surface area is 195 Å². The Morgan fingerprint density at radius 3 is 2.62 bits per heavy atom. The molecule has 2 aromatic heterocycles. The number of amides is 1. The number of rotatable bonds is 5. The van der Waals surface area contributed by atoms with Crippen LogP contribution in [0.25, 0.3) is 34.2 Å². The molecule has 32 heavy (non-hydrogen) atoms. The Hall–Kier alpha value is -3.16. The first-order valence-corrected chi connectivity index (χ1v) is 11.6. The summed E-state index contributed by atoms with van der Waals surface area (Å²) < 4.78 is 8.50. The van der Waals surface area contributed by atoms with E-state index in [9.17, 15) is 4.79 Å². The average Bonchev–Trinajstić information content (AvgIpc) is 3.46. The molecule has 1 fully saturated rings. The summed E-state index contributed by atoms with van der Waals surface area (Å²) in [4.78, 5) is 15.3. The molecule has 0 spiro atoms. The van der Waals surface area contributed by atoms with Crippen LogP contribution in [0.15, 0.2) is 76.2 Å². The SMILES string of the molecule is CC(C)CN1C(=O)C(=Cc2cn(-c3ccccc3)nc2-c2cc3ccccc3o2)SC1=S. The highest BCUT2D eigenvalue weighted by molar-refractivity contribution is 8.26. The summed E-state index contributed by atoms with van der Waals surface area (Å²) in [6.45, 7) is 4.76. The summed E-state index contributed by atoms with van der Waals surface area (Å²) in [5.74, 6) is 0.935. The second kappa shape index (κ2) is 8.41. The minimum Gasteiger partial charge on any atom is -0.454 e. The summed E-state index contributed by atoms with van der Waals surface area (Å²) in [5, 5.41) is 5.82. The number of carbonyl (C=O) groups is 1. The lowest BCUT2D eigenvalue weighted by Crippen LogP contribution is -2.31. The Morgan fingerprint density at radius 2 is 1.88 bits per heavy atom. The van der Waals surface area contributed by atoms with Gasteiger partial charge in [-0.25, -0.2) is 4.68 Å². The van der Waals surface area contributed by atoms with E-state index in [0.29, 0.717) is 33.1 Å². The number of hydrogen-bond donors (Lipinski definition) is 0. The number of hydrogen-bond acceptors (Lipinski definition) is 5. The van der Waals surface area contributed by atoms with E-state index in [0.717, 1.165) is 22.2 Å². The molecule has 5 rings (SSSR count). The molecule has 0 unspecified atom stereocenters. The van der Waals surface area contributed by atoms with Gasteiger partial charge in [-0.05, 0) is 36.3 Å². The van der Waals surface area contributed by atoms with Crippen molar-refractivity contribution >= 4 is 51.3 Å². The topological polar surface area (TPSA) is 51.3 Å². The molecule has 0 N–H and O–H groups in total. The quantitative estimate of drug-likeness (QED) is 0.265. The summed E-state index contributed by atoms with van der Waals surface area (Å²) in [7, 11) is 0. The van der Waals surface area contributed by atoms with Crippen LogP contribution in [0, 0.1) is 5.92 Å². The van der Waals surface area contributed by atoms with E-state index < -0.39 is 0 Å². The van der Waals surface area contributed by atoms with E-state index in [1.165, 1.54) is 11.8 Å². The highest BCUT2D eigenvalue weighted by atomic mass is 32.2. The van der Waals surface area contributed by atoms with Crippen LogP contribution in [-0.4, -0.2) is 31.5 Å². The number of benzene rings is 2. The van der Waals surface area contributed by atoms with Gasteiger partial charge in [0.2, 0.25) is 0 Å². The second-order valence-corrected chi connectivity index (χ2v) is 9.72. The van der Waals surface area contributed by atoms with Crippen molar-refractivity contribution in [3.8, 4) is 17.1 Å². The molecule has 0 bridgehead atoms. The third-order valence-corrected chi connectivity index (χ3v) is 6.51. The van der Waals surface area contributed by atoms with Crippen LogP contribution < -0.4 is 0 Å². The highest BCUT2D eigenvalue weighted by Crippen LogP contribution is 2.36. The van der Waals surface area contributed by atoms with Gasteiger partial charge in [0.05, 0.1) is 10.6 Å². The van der Waals surface area contributed by atoms with E-state index >= 15 is 0 Å². The van der Waals surface area contributed by atoms with E-state index in [2.05, 4.69) is 13.8 Å². The molecule has 0 atom stereocenters. The molecule has 0 saturated carbocycles. The number of carbonyl (C=O) groups excluding carboxylic acids is 1. The third kappa shape index (κ3) is 3.89. The van der Waals surface area contributed by atoms with Crippen molar-refractivity contribution in [1.29, 1.82) is 0 Å². The average molecular weight is 460 g/mol. The molecule has 160 valence electrons. The number of fused-ring (bicyclic) bond motifs is 1. The van der Waals surface area contributed by atoms with Crippen LogP contribution in [0.3, 0.4) is 0 Å². The molecule has 0 radical (unpaired) electrons. The fourth-order valence-electron chi connectivity index (χ4n) is 3.66. The lowest BCUT2D eigenvalue weighted by Gasteiger charge is -2.16. The summed E-state index contributed by atoms with van der Waals surface area (Å²) in [5.41, 5.74) is 3.21. The standard InChI is InChI=1S/C25H21N3O2S2/c1-16(2)14-27-24(29)22(32-25(27)31)13-18-15-28(19-9-4-3-5-10-19)26-23(18)21-12-17-8-6-7-11-20(17)30-21/h3-13,15-16H,14H2,1-2H3. The van der Waals surface area contributed by atoms with E-state index in [1.807, 2.05) is 77.6 Å². The maximum absolute atomic E-state index is 13.0. The van der Waals surface area contributed by atoms with Crippen LogP contribution in [0.2, 0.25) is 0 Å². The van der Waals surface area contributed by atoms with Gasteiger partial charge in [-0.2, -0.15) is 5.10 Å². The van der Waals surface area contributed by atoms with Crippen LogP contribution in [0.4, 0.5) is 0 Å². The van der Waals surface area contributed by atoms with Crippen molar-refractivity contribution < 1.29 is 9.21 Å². The van der Waals surface area contributed by atoms with Crippen molar-refractivity contribution in [3.05, 3.63) is 77.3 Å². The highest BCUT2D eigenvalue weighted by Gasteiger charge is 2.32. The molecule has 1 saturated heterocycles. The molecule has 7 heteroatoms. The predicted molar refractivity (Wildman–Crippen MR) is 133 cm³/mol. The monoisotopic (exact) mass is 459 g/mol. The Morgan fingerprint density at radius 1 is 1.12 bits per heavy atom. The van der Waals surface area contributed by atoms with Crippen molar-refractivity contribution in [3.63, 3.8) is 0 Å². The minimum atomic E-state index is -0.0586. The van der Waals surface area contributed by atoms with Crippen LogP contribution in [-0.2, 0) is 4.79 Å². The molecule has 1 aliphatic heterocycles. The first-order chi connectivity index (χ1) is 15.5. The Bertz CT molecular complexity index is 1320. The predicted octanol–water partition coefficient (Wildman–Crippen LogP) is 6.14. The first kappa shape index (κ1) is 20.7. The zero-order chi connectivity index (χ0) is 22.2. The molecular weight excluding hydrogens is 438 g/mol. The molecular formula is C25H21N3O2S2. The van der Waals surface area contributed by atoms with Gasteiger partial charge in [-0.1, -0.05) is 74.2 Å². The lowest BCUT2D eigenvalue weighted by molar-refractivity contribution is -0.122. The summed E-state index contributed by atoms with van der Waals surface area (Å²) in [6, 6.07) is 19.7. The zero-order valence-corrected chi connectivity index (χ0v) is 19.3. The van der Waals surface area contributed by atoms with Crippen LogP contribution in [0.1, 0.15) is 19.4 Å². The van der Waals surface area contributed by atoms with Gasteiger partial charge in [0.15, 0.2) is 5.76 Å². The lowest BCUT2D eigenvalue weighted by atomic mass is 10.1. The third-order valence-electron chi connectivity index (χ3n) is 5.13. The molecule has 0 aliphatic carbocycles. The number of furan rings is 1. The van der Waals surface area contributed by atoms with Crippen molar-refractivity contribution in [2.75, 3.05) is 6.54 Å². The van der Waals surface area contributed by atoms with Crippen molar-refractivity contribution in [2.24, 2.45) is 5.92 Å². The Balaban J connectivity index is 1.61. The van der Waals surface area contributed by atoms with Gasteiger partial charge < -0.3 is 4.42 Å². The maximum atomic E-state index is 13.0. The van der Waals surface area contributed by atoms with Gasteiger partial charge >= 0.3 is 0 Å². The largest absolute Gasteiger partial charge is 0.454 e. The zero-order valence-electron chi connectivity index (χ0n) is 17.7. The second-order valence-electron chi connectivity index (χ2n) is 8.05. The summed E-state index contributed by atoms with van der Waals surface area (Å²) >= 11 is 6.80. The normalized spacial score (nSPS) is 15.6. The number of thiocarbonyl (C=S) groups is 1. The van der Waals surface area contributed by atoms with Gasteiger partial charge in [0.1, 0.15) is 15.6 Å². The van der Waals surface area contributed by atoms with Gasteiger partial charge in [0, 0.05) is 23.7 Å². The number of para-hydroxylation sites is 2. The number of thioether (sulfide) groups is 1. The van der Waals surface area contributed by atoms with E-state index in [1.54, 1.807) is 4.90 Å².